The van der Waals surface area contributed by atoms with Gasteiger partial charge in [0.15, 0.2) is 0 Å². The minimum Gasteiger partial charge on any atom is -0.293 e. The summed E-state index contributed by atoms with van der Waals surface area (Å²) < 4.78 is 2.96. The lowest BCUT2D eigenvalue weighted by Gasteiger charge is -2.00. The van der Waals surface area contributed by atoms with Gasteiger partial charge in [-0.2, -0.15) is 5.26 Å². The predicted octanol–water partition coefficient (Wildman–Crippen LogP) is 4.34. The molecule has 19 heavy (non-hydrogen) atoms. The largest absolute Gasteiger partial charge is 0.293 e. The van der Waals surface area contributed by atoms with Crippen molar-refractivity contribution in [1.82, 2.24) is 9.38 Å². The smallest absolute Gasteiger partial charge is 0.140 e. The summed E-state index contributed by atoms with van der Waals surface area (Å²) in [6.07, 6.45) is 1.92. The molecule has 5 heteroatoms. The first-order chi connectivity index (χ1) is 9.29. The molecule has 2 aromatic heterocycles. The van der Waals surface area contributed by atoms with Gasteiger partial charge >= 0.3 is 0 Å². The normalized spacial score (nSPS) is 10.5. The van der Waals surface area contributed by atoms with Crippen LogP contribution < -0.4 is 0 Å². The van der Waals surface area contributed by atoms with Crippen molar-refractivity contribution in [3.63, 3.8) is 0 Å². The molecule has 0 N–H and O–H groups in total. The minimum absolute atomic E-state index is 0.838. The molecular weight excluding hydrogens is 322 g/mol. The maximum atomic E-state index is 8.98. The molecule has 0 amide bonds. The lowest BCUT2D eigenvalue weighted by atomic mass is 10.2. The van der Waals surface area contributed by atoms with Crippen molar-refractivity contribution in [2.24, 2.45) is 0 Å². The molecule has 0 aliphatic heterocycles. The average Bonchev–Trinajstić information content (AvgIpc) is 2.79. The standard InChI is InChI=1S/C14H8BrN3S/c15-11-6-4-10(5-7-11)13-14(19-9-16)18-8-2-1-3-12(18)17-13/h1-8H. The summed E-state index contributed by atoms with van der Waals surface area (Å²) in [5.74, 6) is 0. The molecule has 0 atom stereocenters. The van der Waals surface area contributed by atoms with Crippen LogP contribution in [0.15, 0.2) is 58.2 Å². The van der Waals surface area contributed by atoms with Crippen molar-refractivity contribution in [3.8, 4) is 16.7 Å². The molecule has 0 bridgehead atoms. The molecule has 3 rings (SSSR count). The fourth-order valence-corrected chi connectivity index (χ4v) is 2.77. The fraction of sp³-hybridized carbons (Fsp3) is 0. The maximum absolute atomic E-state index is 8.98. The van der Waals surface area contributed by atoms with E-state index in [0.29, 0.717) is 0 Å². The van der Waals surface area contributed by atoms with E-state index < -0.39 is 0 Å². The SMILES string of the molecule is N#CSc1c(-c2ccc(Br)cc2)nc2ccccn12. The zero-order valence-electron chi connectivity index (χ0n) is 9.75. The van der Waals surface area contributed by atoms with Crippen LogP contribution in [-0.2, 0) is 0 Å². The average molecular weight is 330 g/mol. The number of fused-ring (bicyclic) bond motifs is 1. The Balaban J connectivity index is 2.25. The zero-order chi connectivity index (χ0) is 13.2. The van der Waals surface area contributed by atoms with E-state index >= 15 is 0 Å². The second-order valence-corrected chi connectivity index (χ2v) is 5.58. The molecule has 0 aliphatic rings. The topological polar surface area (TPSA) is 41.1 Å². The minimum atomic E-state index is 0.838. The summed E-state index contributed by atoms with van der Waals surface area (Å²) in [6, 6.07) is 13.7. The van der Waals surface area contributed by atoms with Crippen LogP contribution >= 0.6 is 27.7 Å². The van der Waals surface area contributed by atoms with E-state index in [9.17, 15) is 0 Å². The van der Waals surface area contributed by atoms with Crippen molar-refractivity contribution in [2.45, 2.75) is 5.03 Å². The van der Waals surface area contributed by atoms with E-state index in [2.05, 4.69) is 26.3 Å². The van der Waals surface area contributed by atoms with E-state index in [1.54, 1.807) is 0 Å². The Morgan fingerprint density at radius 2 is 1.95 bits per heavy atom. The first-order valence-corrected chi connectivity index (χ1v) is 7.19. The highest BCUT2D eigenvalue weighted by atomic mass is 79.9. The zero-order valence-corrected chi connectivity index (χ0v) is 12.1. The van der Waals surface area contributed by atoms with Crippen LogP contribution in [0.25, 0.3) is 16.9 Å². The Bertz CT molecular complexity index is 771. The van der Waals surface area contributed by atoms with E-state index in [4.69, 9.17) is 5.26 Å². The number of hydrogen-bond donors (Lipinski definition) is 0. The molecule has 0 unspecified atom stereocenters. The number of halogens is 1. The van der Waals surface area contributed by atoms with Gasteiger partial charge in [-0.1, -0.05) is 34.1 Å². The third-order valence-corrected chi connectivity index (χ3v) is 3.95. The van der Waals surface area contributed by atoms with E-state index in [-0.39, 0.29) is 0 Å². The van der Waals surface area contributed by atoms with Crippen LogP contribution in [0, 0.1) is 10.7 Å². The Hall–Kier alpha value is -1.77. The monoisotopic (exact) mass is 329 g/mol. The van der Waals surface area contributed by atoms with Crippen LogP contribution in [0.2, 0.25) is 0 Å². The summed E-state index contributed by atoms with van der Waals surface area (Å²) in [7, 11) is 0. The molecule has 1 aromatic carbocycles. The van der Waals surface area contributed by atoms with Crippen LogP contribution in [-0.4, -0.2) is 9.38 Å². The molecule has 0 saturated heterocycles. The molecule has 2 heterocycles. The Kier molecular flexibility index (Phi) is 3.28. The summed E-state index contributed by atoms with van der Waals surface area (Å²) in [4.78, 5) is 4.61. The number of imidazole rings is 1. The Morgan fingerprint density at radius 3 is 2.68 bits per heavy atom. The molecule has 0 fully saturated rings. The Morgan fingerprint density at radius 1 is 1.16 bits per heavy atom. The second kappa shape index (κ2) is 5.08. The van der Waals surface area contributed by atoms with Crippen molar-refractivity contribution in [1.29, 1.82) is 5.26 Å². The van der Waals surface area contributed by atoms with Crippen molar-refractivity contribution >= 4 is 33.3 Å². The molecule has 92 valence electrons. The third-order valence-electron chi connectivity index (χ3n) is 2.75. The number of nitrogens with zero attached hydrogens (tertiary/aromatic N) is 3. The number of pyridine rings is 1. The van der Waals surface area contributed by atoms with Gasteiger partial charge in [-0.3, -0.25) is 4.40 Å². The van der Waals surface area contributed by atoms with Gasteiger partial charge in [0, 0.05) is 28.0 Å². The lowest BCUT2D eigenvalue weighted by Crippen LogP contribution is -1.85. The first-order valence-electron chi connectivity index (χ1n) is 5.58. The summed E-state index contributed by atoms with van der Waals surface area (Å²) in [5.41, 5.74) is 2.69. The molecule has 0 saturated carbocycles. The number of nitriles is 1. The summed E-state index contributed by atoms with van der Waals surface area (Å²) in [6.45, 7) is 0. The number of thiocyanates is 1. The highest BCUT2D eigenvalue weighted by Crippen LogP contribution is 2.32. The molecule has 3 nitrogen and oxygen atoms in total. The van der Waals surface area contributed by atoms with Crippen molar-refractivity contribution in [2.75, 3.05) is 0 Å². The predicted molar refractivity (Wildman–Crippen MR) is 79.8 cm³/mol. The van der Waals surface area contributed by atoms with E-state index in [1.165, 1.54) is 0 Å². The highest BCUT2D eigenvalue weighted by Gasteiger charge is 2.14. The van der Waals surface area contributed by atoms with Crippen LogP contribution in [0.3, 0.4) is 0 Å². The van der Waals surface area contributed by atoms with Gasteiger partial charge in [0.1, 0.15) is 21.8 Å². The van der Waals surface area contributed by atoms with Crippen LogP contribution in [0.5, 0.6) is 0 Å². The van der Waals surface area contributed by atoms with Crippen molar-refractivity contribution < 1.29 is 0 Å². The molecule has 3 aromatic rings. The molecular formula is C14H8BrN3S. The van der Waals surface area contributed by atoms with Crippen LogP contribution in [0.1, 0.15) is 0 Å². The molecule has 0 radical (unpaired) electrons. The number of thioether (sulfide) groups is 1. The van der Waals surface area contributed by atoms with Crippen molar-refractivity contribution in [3.05, 3.63) is 53.1 Å². The lowest BCUT2D eigenvalue weighted by molar-refractivity contribution is 1.06. The van der Waals surface area contributed by atoms with Gasteiger partial charge in [0.2, 0.25) is 0 Å². The Labute approximate surface area is 123 Å². The van der Waals surface area contributed by atoms with Gasteiger partial charge in [0.05, 0.1) is 0 Å². The second-order valence-electron chi connectivity index (χ2n) is 3.89. The van der Waals surface area contributed by atoms with Gasteiger partial charge in [-0.15, -0.1) is 0 Å². The van der Waals surface area contributed by atoms with E-state index in [1.807, 2.05) is 53.1 Å². The first kappa shape index (κ1) is 12.3. The fourth-order valence-electron chi connectivity index (χ4n) is 1.91. The summed E-state index contributed by atoms with van der Waals surface area (Å²) in [5, 5.41) is 12.0. The van der Waals surface area contributed by atoms with E-state index in [0.717, 1.165) is 38.2 Å². The highest BCUT2D eigenvalue weighted by molar-refractivity contribution is 9.10. The number of benzene rings is 1. The summed E-state index contributed by atoms with van der Waals surface area (Å²) >= 11 is 4.55. The third kappa shape index (κ3) is 2.25. The van der Waals surface area contributed by atoms with Gasteiger partial charge < -0.3 is 0 Å². The van der Waals surface area contributed by atoms with Gasteiger partial charge in [0.25, 0.3) is 0 Å². The molecule has 0 aliphatic carbocycles. The number of rotatable bonds is 2. The molecule has 0 spiro atoms. The van der Waals surface area contributed by atoms with Gasteiger partial charge in [-0.05, 0) is 24.3 Å². The number of hydrogen-bond acceptors (Lipinski definition) is 3. The number of aromatic nitrogens is 2. The van der Waals surface area contributed by atoms with Gasteiger partial charge in [-0.25, -0.2) is 4.98 Å². The van der Waals surface area contributed by atoms with Crippen LogP contribution in [0.4, 0.5) is 0 Å². The maximum Gasteiger partial charge on any atom is 0.140 e. The quantitative estimate of drug-likeness (QED) is 0.518.